The minimum Gasteiger partial charge on any atom is -0.437 e. The van der Waals surface area contributed by atoms with E-state index < -0.39 is 0 Å². The van der Waals surface area contributed by atoms with Gasteiger partial charge in [0.1, 0.15) is 11.6 Å². The van der Waals surface area contributed by atoms with Crippen molar-refractivity contribution in [1.82, 2.24) is 9.97 Å². The van der Waals surface area contributed by atoms with Gasteiger partial charge in [0.05, 0.1) is 18.1 Å². The Balaban J connectivity index is 1.41. The molecule has 1 heterocycles. The van der Waals surface area contributed by atoms with E-state index in [1.165, 1.54) is 23.9 Å². The second kappa shape index (κ2) is 9.91. The predicted octanol–water partition coefficient (Wildman–Crippen LogP) is 6.84. The molecule has 0 aliphatic rings. The Morgan fingerprint density at radius 2 is 1.64 bits per heavy atom. The van der Waals surface area contributed by atoms with E-state index in [0.717, 1.165) is 5.56 Å². The Bertz CT molecular complexity index is 1240. The summed E-state index contributed by atoms with van der Waals surface area (Å²) in [7, 11) is 0. The largest absolute Gasteiger partial charge is 0.437 e. The zero-order valence-corrected chi connectivity index (χ0v) is 18.2. The topological polar surface area (TPSA) is 76.1 Å². The number of anilines is 2. The SMILES string of the molecule is CC(C)c1ccc(NC(=O)Nc2cccc(Oc3cncc(-c4ccc(F)cc4)n3)c2)cc1. The quantitative estimate of drug-likeness (QED) is 0.343. The van der Waals surface area contributed by atoms with Crippen molar-refractivity contribution < 1.29 is 13.9 Å². The fourth-order valence-corrected chi connectivity index (χ4v) is 3.16. The van der Waals surface area contributed by atoms with Gasteiger partial charge in [0.15, 0.2) is 0 Å². The van der Waals surface area contributed by atoms with Gasteiger partial charge in [0.2, 0.25) is 5.88 Å². The standard InChI is InChI=1S/C26H23FN4O2/c1-17(2)18-8-12-21(13-9-18)29-26(32)30-22-4-3-5-23(14-22)33-25-16-28-15-24(31-25)19-6-10-20(27)11-7-19/h3-17H,1-2H3,(H2,29,30,32). The number of nitrogens with zero attached hydrogens (tertiary/aromatic N) is 2. The van der Waals surface area contributed by atoms with Crippen molar-refractivity contribution in [3.63, 3.8) is 0 Å². The molecule has 0 fully saturated rings. The number of halogens is 1. The van der Waals surface area contributed by atoms with Gasteiger partial charge >= 0.3 is 6.03 Å². The molecule has 0 bridgehead atoms. The summed E-state index contributed by atoms with van der Waals surface area (Å²) >= 11 is 0. The second-order valence-corrected chi connectivity index (χ2v) is 7.74. The van der Waals surface area contributed by atoms with Gasteiger partial charge < -0.3 is 15.4 Å². The van der Waals surface area contributed by atoms with Gasteiger partial charge in [-0.3, -0.25) is 4.98 Å². The number of hydrogen-bond donors (Lipinski definition) is 2. The van der Waals surface area contributed by atoms with E-state index >= 15 is 0 Å². The molecule has 0 spiro atoms. The third-order valence-corrected chi connectivity index (χ3v) is 4.90. The summed E-state index contributed by atoms with van der Waals surface area (Å²) in [5, 5.41) is 5.61. The third kappa shape index (κ3) is 5.92. The fraction of sp³-hybridized carbons (Fsp3) is 0.115. The van der Waals surface area contributed by atoms with Crippen molar-refractivity contribution in [2.45, 2.75) is 19.8 Å². The molecule has 1 aromatic heterocycles. The van der Waals surface area contributed by atoms with Crippen molar-refractivity contribution in [1.29, 1.82) is 0 Å². The van der Waals surface area contributed by atoms with Crippen LogP contribution in [0.4, 0.5) is 20.6 Å². The Hall–Kier alpha value is -4.26. The van der Waals surface area contributed by atoms with Crippen LogP contribution in [-0.2, 0) is 0 Å². The number of ether oxygens (including phenoxy) is 1. The van der Waals surface area contributed by atoms with Crippen LogP contribution in [0.3, 0.4) is 0 Å². The van der Waals surface area contributed by atoms with Crippen molar-refractivity contribution >= 4 is 17.4 Å². The Morgan fingerprint density at radius 3 is 2.36 bits per heavy atom. The normalized spacial score (nSPS) is 10.7. The number of nitrogens with one attached hydrogen (secondary N) is 2. The number of amides is 2. The molecule has 33 heavy (non-hydrogen) atoms. The van der Waals surface area contributed by atoms with Gasteiger partial charge in [-0.2, -0.15) is 0 Å². The molecular formula is C26H23FN4O2. The highest BCUT2D eigenvalue weighted by atomic mass is 19.1. The maximum atomic E-state index is 13.2. The molecule has 166 valence electrons. The molecule has 0 saturated carbocycles. The Labute approximate surface area is 191 Å². The lowest BCUT2D eigenvalue weighted by molar-refractivity contribution is 0.262. The molecule has 0 aliphatic heterocycles. The average molecular weight is 442 g/mol. The molecule has 4 rings (SSSR count). The summed E-state index contributed by atoms with van der Waals surface area (Å²) in [6, 6.07) is 20.3. The van der Waals surface area contributed by atoms with Crippen LogP contribution in [0, 0.1) is 5.82 Å². The maximum Gasteiger partial charge on any atom is 0.323 e. The molecule has 0 unspecified atom stereocenters. The number of benzene rings is 3. The lowest BCUT2D eigenvalue weighted by Gasteiger charge is -2.11. The summed E-state index contributed by atoms with van der Waals surface area (Å²) in [5.74, 6) is 0.875. The first-order chi connectivity index (χ1) is 16.0. The molecular weight excluding hydrogens is 419 g/mol. The summed E-state index contributed by atoms with van der Waals surface area (Å²) in [6.07, 6.45) is 3.07. The summed E-state index contributed by atoms with van der Waals surface area (Å²) in [4.78, 5) is 21.0. The number of aromatic nitrogens is 2. The van der Waals surface area contributed by atoms with Crippen molar-refractivity contribution in [2.24, 2.45) is 0 Å². The number of rotatable bonds is 6. The van der Waals surface area contributed by atoms with E-state index in [1.54, 1.807) is 42.6 Å². The highest BCUT2D eigenvalue weighted by Gasteiger charge is 2.08. The summed E-state index contributed by atoms with van der Waals surface area (Å²) in [5.41, 5.74) is 3.76. The van der Waals surface area contributed by atoms with Crippen LogP contribution in [0.25, 0.3) is 11.3 Å². The highest BCUT2D eigenvalue weighted by molar-refractivity contribution is 5.99. The number of carbonyl (C=O) groups excluding carboxylic acids is 1. The number of hydrogen-bond acceptors (Lipinski definition) is 4. The van der Waals surface area contributed by atoms with E-state index in [-0.39, 0.29) is 17.7 Å². The van der Waals surface area contributed by atoms with E-state index in [9.17, 15) is 9.18 Å². The van der Waals surface area contributed by atoms with Crippen LogP contribution < -0.4 is 15.4 Å². The molecule has 0 saturated heterocycles. The highest BCUT2D eigenvalue weighted by Crippen LogP contribution is 2.25. The molecule has 6 nitrogen and oxygen atoms in total. The van der Waals surface area contributed by atoms with Crippen molar-refractivity contribution in [2.75, 3.05) is 10.6 Å². The van der Waals surface area contributed by atoms with Crippen LogP contribution in [0.5, 0.6) is 11.6 Å². The molecule has 2 N–H and O–H groups in total. The Kier molecular flexibility index (Phi) is 6.59. The molecule has 3 aromatic carbocycles. The van der Waals surface area contributed by atoms with Gasteiger partial charge in [-0.1, -0.05) is 32.0 Å². The minimum absolute atomic E-state index is 0.281. The van der Waals surface area contributed by atoms with Gasteiger partial charge in [0.25, 0.3) is 0 Å². The smallest absolute Gasteiger partial charge is 0.323 e. The lowest BCUT2D eigenvalue weighted by atomic mass is 10.0. The molecule has 2 amide bonds. The van der Waals surface area contributed by atoms with E-state index in [1.807, 2.05) is 24.3 Å². The molecule has 0 aliphatic carbocycles. The average Bonchev–Trinajstić information content (AvgIpc) is 2.80. The second-order valence-electron chi connectivity index (χ2n) is 7.74. The zero-order chi connectivity index (χ0) is 23.2. The first-order valence-corrected chi connectivity index (χ1v) is 10.5. The predicted molar refractivity (Wildman–Crippen MR) is 127 cm³/mol. The van der Waals surface area contributed by atoms with E-state index in [4.69, 9.17) is 4.74 Å². The van der Waals surface area contributed by atoms with Crippen molar-refractivity contribution in [3.05, 3.63) is 96.6 Å². The van der Waals surface area contributed by atoms with Gasteiger partial charge in [0, 0.05) is 23.0 Å². The molecule has 4 aromatic rings. The summed E-state index contributed by atoms with van der Waals surface area (Å²) < 4.78 is 19.0. The first kappa shape index (κ1) is 22.0. The lowest BCUT2D eigenvalue weighted by Crippen LogP contribution is -2.19. The number of carbonyl (C=O) groups is 1. The minimum atomic E-state index is -0.359. The van der Waals surface area contributed by atoms with Crippen LogP contribution in [0.1, 0.15) is 25.3 Å². The van der Waals surface area contributed by atoms with E-state index in [0.29, 0.717) is 28.7 Å². The zero-order valence-electron chi connectivity index (χ0n) is 18.2. The molecule has 0 atom stereocenters. The first-order valence-electron chi connectivity index (χ1n) is 10.5. The molecule has 7 heteroatoms. The van der Waals surface area contributed by atoms with Crippen LogP contribution in [0.2, 0.25) is 0 Å². The fourth-order valence-electron chi connectivity index (χ4n) is 3.16. The van der Waals surface area contributed by atoms with Crippen LogP contribution in [-0.4, -0.2) is 16.0 Å². The van der Waals surface area contributed by atoms with Gasteiger partial charge in [-0.25, -0.2) is 14.2 Å². The monoisotopic (exact) mass is 442 g/mol. The molecule has 0 radical (unpaired) electrons. The van der Waals surface area contributed by atoms with Crippen LogP contribution in [0.15, 0.2) is 85.2 Å². The van der Waals surface area contributed by atoms with Crippen molar-refractivity contribution in [3.8, 4) is 22.9 Å². The van der Waals surface area contributed by atoms with E-state index in [2.05, 4.69) is 34.4 Å². The third-order valence-electron chi connectivity index (χ3n) is 4.90. The van der Waals surface area contributed by atoms with Gasteiger partial charge in [-0.15, -0.1) is 0 Å². The number of urea groups is 1. The maximum absolute atomic E-state index is 13.2. The van der Waals surface area contributed by atoms with Gasteiger partial charge in [-0.05, 0) is 60.0 Å². The Morgan fingerprint density at radius 1 is 0.909 bits per heavy atom. The van der Waals surface area contributed by atoms with Crippen LogP contribution >= 0.6 is 0 Å². The summed E-state index contributed by atoms with van der Waals surface area (Å²) in [6.45, 7) is 4.24.